The van der Waals surface area contributed by atoms with Crippen LogP contribution >= 0.6 is 0 Å². The number of non-ortho nitro benzene ring substituents is 1. The number of amides is 1. The Labute approximate surface area is 146 Å². The highest BCUT2D eigenvalue weighted by atomic mass is 19.4. The molecule has 1 fully saturated rings. The second-order valence-corrected chi connectivity index (χ2v) is 5.57. The van der Waals surface area contributed by atoms with Crippen LogP contribution in [0.4, 0.5) is 18.9 Å². The van der Waals surface area contributed by atoms with E-state index < -0.39 is 23.0 Å². The Morgan fingerprint density at radius 2 is 1.85 bits per heavy atom. The average molecular weight is 375 g/mol. The summed E-state index contributed by atoms with van der Waals surface area (Å²) in [6, 6.07) is 5.10. The molecule has 1 heterocycles. The standard InChI is InChI=1S/C15H16F3N3O5/c16-15(17,18)14(23)20-6-4-19(5-7-20)8-9-26-13(22)11-2-1-3-12(10-11)21(24)25/h1-3,10H,4-9H2. The molecular weight excluding hydrogens is 359 g/mol. The fourth-order valence-electron chi connectivity index (χ4n) is 2.45. The van der Waals surface area contributed by atoms with Gasteiger partial charge in [-0.25, -0.2) is 4.79 Å². The molecule has 0 N–H and O–H groups in total. The lowest BCUT2D eigenvalue weighted by atomic mass is 10.2. The quantitative estimate of drug-likeness (QED) is 0.439. The summed E-state index contributed by atoms with van der Waals surface area (Å²) in [5.74, 6) is -2.58. The molecule has 1 saturated heterocycles. The van der Waals surface area contributed by atoms with E-state index in [1.807, 2.05) is 0 Å². The maximum atomic E-state index is 12.4. The molecule has 2 rings (SSSR count). The van der Waals surface area contributed by atoms with Gasteiger partial charge in [0.15, 0.2) is 0 Å². The van der Waals surface area contributed by atoms with Crippen molar-refractivity contribution in [1.82, 2.24) is 9.80 Å². The first-order valence-corrected chi connectivity index (χ1v) is 7.68. The number of hydrogen-bond donors (Lipinski definition) is 0. The van der Waals surface area contributed by atoms with Crippen LogP contribution in [-0.2, 0) is 9.53 Å². The summed E-state index contributed by atoms with van der Waals surface area (Å²) in [5.41, 5.74) is -0.190. The van der Waals surface area contributed by atoms with E-state index in [1.54, 1.807) is 4.90 Å². The summed E-state index contributed by atoms with van der Waals surface area (Å²) >= 11 is 0. The summed E-state index contributed by atoms with van der Waals surface area (Å²) in [4.78, 5) is 35.6. The fraction of sp³-hybridized carbons (Fsp3) is 0.467. The summed E-state index contributed by atoms with van der Waals surface area (Å²) in [6.45, 7) is 0.615. The number of esters is 1. The topological polar surface area (TPSA) is 93.0 Å². The molecule has 0 spiro atoms. The lowest BCUT2D eigenvalue weighted by molar-refractivity contribution is -0.384. The maximum absolute atomic E-state index is 12.4. The number of hydrogen-bond acceptors (Lipinski definition) is 6. The number of nitro groups is 1. The fourth-order valence-corrected chi connectivity index (χ4v) is 2.45. The number of carbonyl (C=O) groups excluding carboxylic acids is 2. The van der Waals surface area contributed by atoms with Crippen LogP contribution in [0.5, 0.6) is 0 Å². The van der Waals surface area contributed by atoms with Gasteiger partial charge in [0.05, 0.1) is 10.5 Å². The number of benzene rings is 1. The maximum Gasteiger partial charge on any atom is 0.471 e. The molecular formula is C15H16F3N3O5. The normalized spacial score (nSPS) is 15.6. The van der Waals surface area contributed by atoms with E-state index in [1.165, 1.54) is 18.2 Å². The van der Waals surface area contributed by atoms with Crippen LogP contribution in [0.1, 0.15) is 10.4 Å². The Bertz CT molecular complexity index is 687. The molecule has 11 heteroatoms. The lowest BCUT2D eigenvalue weighted by Crippen LogP contribution is -2.52. The molecule has 1 aliphatic heterocycles. The smallest absolute Gasteiger partial charge is 0.461 e. The Balaban J connectivity index is 1.76. The first kappa shape index (κ1) is 19.6. The van der Waals surface area contributed by atoms with E-state index in [9.17, 15) is 32.9 Å². The third-order valence-corrected chi connectivity index (χ3v) is 3.84. The molecule has 0 radical (unpaired) electrons. The minimum absolute atomic E-state index is 0.0191. The van der Waals surface area contributed by atoms with Crippen LogP contribution in [0.25, 0.3) is 0 Å². The highest BCUT2D eigenvalue weighted by Crippen LogP contribution is 2.19. The predicted octanol–water partition coefficient (Wildman–Crippen LogP) is 1.46. The number of halogens is 3. The van der Waals surface area contributed by atoms with Gasteiger partial charge in [0.1, 0.15) is 6.61 Å². The van der Waals surface area contributed by atoms with E-state index in [2.05, 4.69) is 0 Å². The van der Waals surface area contributed by atoms with Crippen LogP contribution in [0, 0.1) is 10.1 Å². The van der Waals surface area contributed by atoms with Crippen LogP contribution in [0.2, 0.25) is 0 Å². The van der Waals surface area contributed by atoms with Crippen molar-refractivity contribution >= 4 is 17.6 Å². The number of piperazine rings is 1. The minimum atomic E-state index is -4.88. The van der Waals surface area contributed by atoms with Crippen molar-refractivity contribution < 1.29 is 32.4 Å². The van der Waals surface area contributed by atoms with Crippen molar-refractivity contribution in [3.05, 3.63) is 39.9 Å². The molecule has 8 nitrogen and oxygen atoms in total. The van der Waals surface area contributed by atoms with Gasteiger partial charge in [-0.1, -0.05) is 6.07 Å². The van der Waals surface area contributed by atoms with Gasteiger partial charge in [-0.15, -0.1) is 0 Å². The van der Waals surface area contributed by atoms with E-state index in [0.717, 1.165) is 11.0 Å². The average Bonchev–Trinajstić information content (AvgIpc) is 2.61. The minimum Gasteiger partial charge on any atom is -0.461 e. The van der Waals surface area contributed by atoms with Crippen molar-refractivity contribution in [2.75, 3.05) is 39.3 Å². The highest BCUT2D eigenvalue weighted by Gasteiger charge is 2.43. The summed E-state index contributed by atoms with van der Waals surface area (Å²) < 4.78 is 42.1. The molecule has 1 aromatic carbocycles. The molecule has 1 amide bonds. The zero-order valence-corrected chi connectivity index (χ0v) is 13.6. The number of nitro benzene ring substituents is 1. The van der Waals surface area contributed by atoms with Crippen molar-refractivity contribution in [2.24, 2.45) is 0 Å². The molecule has 0 aliphatic carbocycles. The van der Waals surface area contributed by atoms with E-state index in [0.29, 0.717) is 0 Å². The number of carbonyl (C=O) groups is 2. The highest BCUT2D eigenvalue weighted by molar-refractivity contribution is 5.90. The molecule has 0 saturated carbocycles. The number of ether oxygens (including phenoxy) is 1. The molecule has 0 aromatic heterocycles. The van der Waals surface area contributed by atoms with Crippen LogP contribution in [0.15, 0.2) is 24.3 Å². The second-order valence-electron chi connectivity index (χ2n) is 5.57. The molecule has 0 unspecified atom stereocenters. The first-order valence-electron chi connectivity index (χ1n) is 7.68. The van der Waals surface area contributed by atoms with Gasteiger partial charge in [0.2, 0.25) is 0 Å². The SMILES string of the molecule is O=C(OCCN1CCN(C(=O)C(F)(F)F)CC1)c1cccc([N+](=O)[O-])c1. The summed E-state index contributed by atoms with van der Waals surface area (Å²) in [5, 5.41) is 10.7. The van der Waals surface area contributed by atoms with Gasteiger partial charge in [-0.3, -0.25) is 19.8 Å². The largest absolute Gasteiger partial charge is 0.471 e. The third kappa shape index (κ3) is 5.15. The van der Waals surface area contributed by atoms with Crippen molar-refractivity contribution in [3.63, 3.8) is 0 Å². The number of rotatable bonds is 5. The molecule has 142 valence electrons. The van der Waals surface area contributed by atoms with Gasteiger partial charge >= 0.3 is 18.1 Å². The number of alkyl halides is 3. The van der Waals surface area contributed by atoms with Crippen molar-refractivity contribution in [2.45, 2.75) is 6.18 Å². The van der Waals surface area contributed by atoms with E-state index >= 15 is 0 Å². The third-order valence-electron chi connectivity index (χ3n) is 3.84. The van der Waals surface area contributed by atoms with Crippen molar-refractivity contribution in [3.8, 4) is 0 Å². The molecule has 1 aliphatic rings. The zero-order chi connectivity index (χ0) is 19.3. The summed E-state index contributed by atoms with van der Waals surface area (Å²) in [7, 11) is 0. The Kier molecular flexibility index (Phi) is 6.14. The summed E-state index contributed by atoms with van der Waals surface area (Å²) in [6.07, 6.45) is -4.88. The predicted molar refractivity (Wildman–Crippen MR) is 82.5 cm³/mol. The lowest BCUT2D eigenvalue weighted by Gasteiger charge is -2.34. The van der Waals surface area contributed by atoms with Gasteiger partial charge in [-0.2, -0.15) is 13.2 Å². The zero-order valence-electron chi connectivity index (χ0n) is 13.6. The van der Waals surface area contributed by atoms with Gasteiger partial charge in [-0.05, 0) is 6.07 Å². The van der Waals surface area contributed by atoms with E-state index in [-0.39, 0.29) is 50.6 Å². The van der Waals surface area contributed by atoms with Gasteiger partial charge < -0.3 is 9.64 Å². The monoisotopic (exact) mass is 375 g/mol. The molecule has 26 heavy (non-hydrogen) atoms. The van der Waals surface area contributed by atoms with Gasteiger partial charge in [0.25, 0.3) is 5.69 Å². The van der Waals surface area contributed by atoms with E-state index in [4.69, 9.17) is 4.74 Å². The molecule has 1 aromatic rings. The molecule has 0 atom stereocenters. The Morgan fingerprint density at radius 1 is 1.19 bits per heavy atom. The van der Waals surface area contributed by atoms with Crippen LogP contribution < -0.4 is 0 Å². The first-order chi connectivity index (χ1) is 12.2. The Hall–Kier alpha value is -2.69. The molecule has 0 bridgehead atoms. The van der Waals surface area contributed by atoms with Crippen LogP contribution in [-0.4, -0.2) is 72.1 Å². The van der Waals surface area contributed by atoms with Crippen LogP contribution in [0.3, 0.4) is 0 Å². The second kappa shape index (κ2) is 8.13. The Morgan fingerprint density at radius 3 is 2.42 bits per heavy atom. The van der Waals surface area contributed by atoms with Crippen molar-refractivity contribution in [1.29, 1.82) is 0 Å². The van der Waals surface area contributed by atoms with Gasteiger partial charge in [0, 0.05) is 44.9 Å². The number of nitrogens with zero attached hydrogens (tertiary/aromatic N) is 3.